The number of hydrogen-bond acceptors (Lipinski definition) is 3. The lowest BCUT2D eigenvalue weighted by atomic mass is 9.96. The van der Waals surface area contributed by atoms with E-state index in [1.54, 1.807) is 8.61 Å². The van der Waals surface area contributed by atoms with Crippen LogP contribution in [0.1, 0.15) is 40.0 Å². The highest BCUT2D eigenvalue weighted by Gasteiger charge is 2.37. The number of nitrogens with zero attached hydrogens (tertiary/aromatic N) is 2. The summed E-state index contributed by atoms with van der Waals surface area (Å²) < 4.78 is 28.8. The predicted molar refractivity (Wildman–Crippen MR) is 86.3 cm³/mol. The van der Waals surface area contributed by atoms with Crippen molar-refractivity contribution in [2.45, 2.75) is 40.0 Å². The fourth-order valence-corrected chi connectivity index (χ4v) is 5.08. The van der Waals surface area contributed by atoms with Crippen LogP contribution in [0.4, 0.5) is 0 Å². The topological polar surface area (TPSA) is 52.7 Å². The molecule has 1 atom stereocenters. The van der Waals surface area contributed by atoms with Crippen LogP contribution in [0.2, 0.25) is 0 Å². The molecule has 0 radical (unpaired) electrons. The predicted octanol–water partition coefficient (Wildman–Crippen LogP) is 1.53. The summed E-state index contributed by atoms with van der Waals surface area (Å²) in [4.78, 5) is 0. The maximum Gasteiger partial charge on any atom is 0.281 e. The van der Waals surface area contributed by atoms with Crippen LogP contribution in [-0.2, 0) is 10.2 Å². The van der Waals surface area contributed by atoms with Crippen molar-refractivity contribution < 1.29 is 8.42 Å². The van der Waals surface area contributed by atoms with Crippen molar-refractivity contribution in [1.29, 1.82) is 0 Å². The zero-order valence-electron chi connectivity index (χ0n) is 13.7. The number of rotatable bonds is 6. The second-order valence-corrected chi connectivity index (χ2v) is 8.74. The van der Waals surface area contributed by atoms with E-state index >= 15 is 0 Å². The molecule has 0 spiro atoms. The van der Waals surface area contributed by atoms with Gasteiger partial charge in [0.2, 0.25) is 0 Å². The zero-order chi connectivity index (χ0) is 15.5. The Bertz CT molecular complexity index is 417. The fourth-order valence-electron chi connectivity index (χ4n) is 3.36. The third-order valence-corrected chi connectivity index (χ3v) is 7.04. The van der Waals surface area contributed by atoms with E-state index in [1.807, 2.05) is 0 Å². The minimum Gasteiger partial charge on any atom is -0.317 e. The van der Waals surface area contributed by atoms with Crippen LogP contribution in [0, 0.1) is 17.8 Å². The van der Waals surface area contributed by atoms with Gasteiger partial charge in [0, 0.05) is 26.2 Å². The summed E-state index contributed by atoms with van der Waals surface area (Å²) in [5, 5.41) is 3.37. The minimum atomic E-state index is -3.23. The van der Waals surface area contributed by atoms with Crippen LogP contribution in [0.15, 0.2) is 0 Å². The summed E-state index contributed by atoms with van der Waals surface area (Å²) in [5.41, 5.74) is 0. The van der Waals surface area contributed by atoms with Crippen LogP contribution < -0.4 is 5.32 Å². The van der Waals surface area contributed by atoms with E-state index in [1.165, 1.54) is 0 Å². The molecule has 0 bridgehead atoms. The second-order valence-electron chi connectivity index (χ2n) is 6.81. The molecule has 0 amide bonds. The summed E-state index contributed by atoms with van der Waals surface area (Å²) in [6, 6.07) is 0. The highest BCUT2D eigenvalue weighted by Crippen LogP contribution is 2.28. The highest BCUT2D eigenvalue weighted by molar-refractivity contribution is 7.86. The molecule has 5 nitrogen and oxygen atoms in total. The van der Waals surface area contributed by atoms with E-state index in [9.17, 15) is 8.42 Å². The van der Waals surface area contributed by atoms with E-state index in [0.717, 1.165) is 32.4 Å². The third-order valence-electron chi connectivity index (χ3n) is 5.04. The molecule has 2 rings (SSSR count). The lowest BCUT2D eigenvalue weighted by molar-refractivity contribution is 0.253. The molecule has 2 saturated heterocycles. The Morgan fingerprint density at radius 1 is 1.10 bits per heavy atom. The first-order valence-corrected chi connectivity index (χ1v) is 9.80. The van der Waals surface area contributed by atoms with Crippen molar-refractivity contribution in [2.75, 3.05) is 39.3 Å². The van der Waals surface area contributed by atoms with Crippen molar-refractivity contribution in [3.05, 3.63) is 0 Å². The maximum atomic E-state index is 12.7. The van der Waals surface area contributed by atoms with E-state index in [0.29, 0.717) is 43.9 Å². The average molecular weight is 317 g/mol. The molecule has 124 valence electrons. The molecule has 2 heterocycles. The first kappa shape index (κ1) is 17.2. The molecule has 21 heavy (non-hydrogen) atoms. The molecule has 2 aliphatic rings. The third kappa shape index (κ3) is 4.18. The Hall–Kier alpha value is -0.170. The number of hydrogen-bond donors (Lipinski definition) is 1. The van der Waals surface area contributed by atoms with Crippen molar-refractivity contribution in [2.24, 2.45) is 17.8 Å². The quantitative estimate of drug-likeness (QED) is 0.808. The summed E-state index contributed by atoms with van der Waals surface area (Å²) in [6.45, 7) is 11.3. The van der Waals surface area contributed by atoms with Gasteiger partial charge in [-0.05, 0) is 50.1 Å². The molecule has 0 aliphatic carbocycles. The van der Waals surface area contributed by atoms with Gasteiger partial charge < -0.3 is 5.32 Å². The number of nitrogens with one attached hydrogen (secondary N) is 1. The zero-order valence-corrected chi connectivity index (χ0v) is 14.5. The van der Waals surface area contributed by atoms with Gasteiger partial charge in [-0.15, -0.1) is 0 Å². The molecule has 2 fully saturated rings. The van der Waals surface area contributed by atoms with Crippen LogP contribution in [0.3, 0.4) is 0 Å². The lowest BCUT2D eigenvalue weighted by Crippen LogP contribution is -2.47. The van der Waals surface area contributed by atoms with Gasteiger partial charge in [0.25, 0.3) is 10.2 Å². The van der Waals surface area contributed by atoms with E-state index in [4.69, 9.17) is 0 Å². The molecule has 0 aromatic carbocycles. The molecule has 0 aromatic rings. The second kappa shape index (κ2) is 7.40. The Morgan fingerprint density at radius 3 is 2.24 bits per heavy atom. The fraction of sp³-hybridized carbons (Fsp3) is 1.00. The van der Waals surface area contributed by atoms with Gasteiger partial charge in [0.15, 0.2) is 0 Å². The van der Waals surface area contributed by atoms with E-state index in [-0.39, 0.29) is 0 Å². The first-order chi connectivity index (χ1) is 9.95. The summed E-state index contributed by atoms with van der Waals surface area (Å²) in [7, 11) is -3.23. The monoisotopic (exact) mass is 317 g/mol. The van der Waals surface area contributed by atoms with Crippen LogP contribution in [-0.4, -0.2) is 56.3 Å². The first-order valence-electron chi connectivity index (χ1n) is 8.41. The van der Waals surface area contributed by atoms with Crippen molar-refractivity contribution >= 4 is 10.2 Å². The molecule has 1 unspecified atom stereocenters. The molecular weight excluding hydrogens is 286 g/mol. The van der Waals surface area contributed by atoms with Crippen LogP contribution in [0.25, 0.3) is 0 Å². The standard InChI is InChI=1S/C15H31N3O2S/c1-4-16-11-14-5-8-17(9-6-14)21(19,20)18-10-7-15(12-18)13(2)3/h13-16H,4-12H2,1-3H3. The maximum absolute atomic E-state index is 12.7. The molecule has 0 aromatic heterocycles. The van der Waals surface area contributed by atoms with Gasteiger partial charge in [0.05, 0.1) is 0 Å². The van der Waals surface area contributed by atoms with Gasteiger partial charge in [-0.3, -0.25) is 0 Å². The van der Waals surface area contributed by atoms with Crippen molar-refractivity contribution in [1.82, 2.24) is 13.9 Å². The molecular formula is C15H31N3O2S. The minimum absolute atomic E-state index is 0.520. The Kier molecular flexibility index (Phi) is 6.05. The number of piperidine rings is 1. The van der Waals surface area contributed by atoms with Gasteiger partial charge in [-0.2, -0.15) is 17.0 Å². The smallest absolute Gasteiger partial charge is 0.281 e. The molecule has 2 aliphatic heterocycles. The van der Waals surface area contributed by atoms with Gasteiger partial charge in [-0.1, -0.05) is 20.8 Å². The van der Waals surface area contributed by atoms with Crippen LogP contribution in [0.5, 0.6) is 0 Å². The SMILES string of the molecule is CCNCC1CCN(S(=O)(=O)N2CCC(C(C)C)C2)CC1. The van der Waals surface area contributed by atoms with Crippen molar-refractivity contribution in [3.63, 3.8) is 0 Å². The summed E-state index contributed by atoms with van der Waals surface area (Å²) >= 11 is 0. The normalized spacial score (nSPS) is 26.8. The highest BCUT2D eigenvalue weighted by atomic mass is 32.2. The van der Waals surface area contributed by atoms with Crippen LogP contribution >= 0.6 is 0 Å². The molecule has 1 N–H and O–H groups in total. The van der Waals surface area contributed by atoms with Gasteiger partial charge >= 0.3 is 0 Å². The van der Waals surface area contributed by atoms with Gasteiger partial charge in [0.1, 0.15) is 0 Å². The lowest BCUT2D eigenvalue weighted by Gasteiger charge is -2.34. The van der Waals surface area contributed by atoms with Crippen molar-refractivity contribution in [3.8, 4) is 0 Å². The summed E-state index contributed by atoms with van der Waals surface area (Å²) in [6.07, 6.45) is 2.97. The Balaban J connectivity index is 1.87. The molecule has 6 heteroatoms. The average Bonchev–Trinajstić information content (AvgIpc) is 2.96. The Labute approximate surface area is 130 Å². The van der Waals surface area contributed by atoms with Gasteiger partial charge in [-0.25, -0.2) is 0 Å². The Morgan fingerprint density at radius 2 is 1.71 bits per heavy atom. The van der Waals surface area contributed by atoms with E-state index in [2.05, 4.69) is 26.1 Å². The largest absolute Gasteiger partial charge is 0.317 e. The van der Waals surface area contributed by atoms with E-state index < -0.39 is 10.2 Å². The summed E-state index contributed by atoms with van der Waals surface area (Å²) in [5.74, 6) is 1.71. The molecule has 0 saturated carbocycles.